The number of nitrogens with zero attached hydrogens (tertiary/aromatic N) is 1. The number of rotatable bonds is 7. The highest BCUT2D eigenvalue weighted by molar-refractivity contribution is 6.16. The Morgan fingerprint density at radius 1 is 1.16 bits per heavy atom. The molecule has 1 aromatic heterocycles. The molecule has 0 saturated carbocycles. The van der Waals surface area contributed by atoms with Gasteiger partial charge in [0.15, 0.2) is 6.29 Å². The first kappa shape index (κ1) is 22.3. The largest absolute Gasteiger partial charge is 0.466 e. The summed E-state index contributed by atoms with van der Waals surface area (Å²) in [6.45, 7) is 6.01. The number of aromatic nitrogens is 1. The molecule has 0 aliphatic carbocycles. The summed E-state index contributed by atoms with van der Waals surface area (Å²) in [5, 5.41) is 14.3. The molecular weight excluding hydrogens is 410 g/mol. The van der Waals surface area contributed by atoms with E-state index < -0.39 is 18.0 Å². The number of cyclic esters (lactones) is 1. The van der Waals surface area contributed by atoms with E-state index in [1.54, 1.807) is 20.8 Å². The van der Waals surface area contributed by atoms with E-state index in [2.05, 4.69) is 4.57 Å². The molecule has 7 nitrogen and oxygen atoms in total. The molecule has 7 heteroatoms. The Morgan fingerprint density at radius 3 is 2.62 bits per heavy atom. The van der Waals surface area contributed by atoms with E-state index >= 15 is 0 Å². The van der Waals surface area contributed by atoms with Crippen LogP contribution in [0.2, 0.25) is 0 Å². The summed E-state index contributed by atoms with van der Waals surface area (Å²) in [5.41, 5.74) is 1.09. The normalized spacial score (nSPS) is 20.0. The Kier molecular flexibility index (Phi) is 6.22. The van der Waals surface area contributed by atoms with Crippen molar-refractivity contribution in [3.05, 3.63) is 41.7 Å². The number of hydrogen-bond donors (Lipinski definition) is 1. The minimum Gasteiger partial charge on any atom is -0.466 e. The maximum Gasteiger partial charge on any atom is 0.343 e. The van der Waals surface area contributed by atoms with Crippen molar-refractivity contribution in [2.24, 2.45) is 0 Å². The van der Waals surface area contributed by atoms with Gasteiger partial charge >= 0.3 is 11.9 Å². The molecule has 1 fully saturated rings. The van der Waals surface area contributed by atoms with Crippen molar-refractivity contribution < 1.29 is 28.9 Å². The Labute approximate surface area is 186 Å². The van der Waals surface area contributed by atoms with Gasteiger partial charge in [-0.05, 0) is 31.2 Å². The summed E-state index contributed by atoms with van der Waals surface area (Å²) in [7, 11) is 0. The average Bonchev–Trinajstić information content (AvgIpc) is 3.02. The molecule has 0 bridgehead atoms. The Hall–Kier alpha value is -2.90. The van der Waals surface area contributed by atoms with E-state index in [1.807, 2.05) is 36.4 Å². The molecule has 2 heterocycles. The highest BCUT2D eigenvalue weighted by Gasteiger charge is 2.40. The number of esters is 2. The zero-order valence-electron chi connectivity index (χ0n) is 18.7. The quantitative estimate of drug-likeness (QED) is 0.448. The Morgan fingerprint density at radius 2 is 1.91 bits per heavy atom. The predicted octanol–water partition coefficient (Wildman–Crippen LogP) is 3.42. The summed E-state index contributed by atoms with van der Waals surface area (Å²) >= 11 is 0. The van der Waals surface area contributed by atoms with Gasteiger partial charge in [-0.3, -0.25) is 4.79 Å². The molecule has 1 unspecified atom stereocenters. The van der Waals surface area contributed by atoms with Crippen LogP contribution in [0.15, 0.2) is 36.4 Å². The number of benzene rings is 2. The van der Waals surface area contributed by atoms with Crippen LogP contribution in [-0.4, -0.2) is 40.3 Å². The third-order valence-corrected chi connectivity index (χ3v) is 5.72. The zero-order valence-corrected chi connectivity index (χ0v) is 18.7. The molecule has 170 valence electrons. The fraction of sp³-hybridized carbons (Fsp3) is 0.440. The van der Waals surface area contributed by atoms with Gasteiger partial charge in [0.25, 0.3) is 0 Å². The molecule has 1 aliphatic heterocycles. The average molecular weight is 440 g/mol. The fourth-order valence-electron chi connectivity index (χ4n) is 4.43. The molecule has 32 heavy (non-hydrogen) atoms. The minimum atomic E-state index is -1.39. The van der Waals surface area contributed by atoms with Crippen molar-refractivity contribution in [2.45, 2.75) is 65.1 Å². The Bertz CT molecular complexity index is 1200. The van der Waals surface area contributed by atoms with Crippen LogP contribution < -0.4 is 5.35 Å². The summed E-state index contributed by atoms with van der Waals surface area (Å²) in [6, 6.07) is 12.0. The molecule has 0 radical (unpaired) electrons. The number of carbonyl (C=O) groups excluding carboxylic acids is 2. The van der Waals surface area contributed by atoms with Gasteiger partial charge in [0, 0.05) is 43.1 Å². The molecule has 3 aromatic rings. The SMILES string of the molecule is CCOC(=O)CCCCCn1/c(=C2\C(=O)OC(C)(C)OC2O)c2cccc3cccc1c32. The van der Waals surface area contributed by atoms with Crippen LogP contribution in [0.25, 0.3) is 27.2 Å². The standard InChI is InChI=1S/C25H29NO6/c1-4-30-19(27)14-6-5-7-15-26-18-13-9-11-16-10-8-12-17(20(16)18)22(26)21-23(28)31-25(2,3)32-24(21)29/h8-13,23,28H,4-7,14-15H2,1-3H3/b22-21-. The highest BCUT2D eigenvalue weighted by atomic mass is 16.8. The van der Waals surface area contributed by atoms with Crippen molar-refractivity contribution in [3.8, 4) is 0 Å². The van der Waals surface area contributed by atoms with Gasteiger partial charge in [0.2, 0.25) is 5.79 Å². The first-order valence-corrected chi connectivity index (χ1v) is 11.1. The lowest BCUT2D eigenvalue weighted by atomic mass is 10.1. The van der Waals surface area contributed by atoms with Crippen molar-refractivity contribution in [2.75, 3.05) is 6.61 Å². The number of aliphatic hydroxyl groups is 1. The van der Waals surface area contributed by atoms with Crippen LogP contribution in [0.5, 0.6) is 0 Å². The number of aryl methyl sites for hydroxylation is 1. The Balaban J connectivity index is 1.75. The predicted molar refractivity (Wildman–Crippen MR) is 120 cm³/mol. The van der Waals surface area contributed by atoms with Crippen molar-refractivity contribution in [1.82, 2.24) is 4.57 Å². The smallest absolute Gasteiger partial charge is 0.343 e. The second-order valence-corrected chi connectivity index (χ2v) is 8.47. The molecule has 1 atom stereocenters. The van der Waals surface area contributed by atoms with E-state index in [9.17, 15) is 14.7 Å². The number of unbranched alkanes of at least 4 members (excludes halogenated alkanes) is 2. The molecule has 1 aliphatic rings. The highest BCUT2D eigenvalue weighted by Crippen LogP contribution is 2.30. The third kappa shape index (κ3) is 4.23. The third-order valence-electron chi connectivity index (χ3n) is 5.72. The van der Waals surface area contributed by atoms with Crippen LogP contribution in [0.4, 0.5) is 0 Å². The van der Waals surface area contributed by atoms with Gasteiger partial charge < -0.3 is 23.9 Å². The van der Waals surface area contributed by atoms with Gasteiger partial charge in [-0.15, -0.1) is 0 Å². The number of ether oxygens (including phenoxy) is 3. The molecule has 2 aromatic carbocycles. The van der Waals surface area contributed by atoms with Crippen molar-refractivity contribution in [1.29, 1.82) is 0 Å². The lowest BCUT2D eigenvalue weighted by molar-refractivity contribution is -0.269. The van der Waals surface area contributed by atoms with Gasteiger partial charge in [-0.1, -0.05) is 36.8 Å². The summed E-state index contributed by atoms with van der Waals surface area (Å²) in [4.78, 5) is 24.5. The van der Waals surface area contributed by atoms with E-state index in [4.69, 9.17) is 14.2 Å². The van der Waals surface area contributed by atoms with Crippen LogP contribution in [0, 0.1) is 0 Å². The van der Waals surface area contributed by atoms with Crippen molar-refractivity contribution in [3.63, 3.8) is 0 Å². The maximum atomic E-state index is 12.9. The van der Waals surface area contributed by atoms with Crippen LogP contribution in [0.3, 0.4) is 0 Å². The molecule has 0 amide bonds. The summed E-state index contributed by atoms with van der Waals surface area (Å²) < 4.78 is 18.1. The van der Waals surface area contributed by atoms with Crippen LogP contribution in [-0.2, 0) is 30.3 Å². The summed E-state index contributed by atoms with van der Waals surface area (Å²) in [5.74, 6) is -1.96. The lowest BCUT2D eigenvalue weighted by Crippen LogP contribution is -2.46. The monoisotopic (exact) mass is 439 g/mol. The minimum absolute atomic E-state index is 0.111. The molecule has 0 spiro atoms. The second-order valence-electron chi connectivity index (χ2n) is 8.47. The molecule has 4 rings (SSSR count). The number of aliphatic hydroxyl groups excluding tert-OH is 1. The van der Waals surface area contributed by atoms with Crippen molar-refractivity contribution >= 4 is 39.2 Å². The van der Waals surface area contributed by atoms with Crippen LogP contribution in [0.1, 0.15) is 46.5 Å². The first-order chi connectivity index (χ1) is 15.3. The van der Waals surface area contributed by atoms with E-state index in [1.165, 1.54) is 0 Å². The second kappa shape index (κ2) is 8.92. The topological polar surface area (TPSA) is 87.0 Å². The lowest BCUT2D eigenvalue weighted by Gasteiger charge is -2.34. The first-order valence-electron chi connectivity index (χ1n) is 11.1. The van der Waals surface area contributed by atoms with Gasteiger partial charge in [0.05, 0.1) is 12.0 Å². The van der Waals surface area contributed by atoms with E-state index in [0.717, 1.165) is 40.9 Å². The van der Waals surface area contributed by atoms with E-state index in [-0.39, 0.29) is 11.5 Å². The summed E-state index contributed by atoms with van der Waals surface area (Å²) in [6.07, 6.45) is 1.37. The maximum absolute atomic E-state index is 12.9. The molecule has 1 saturated heterocycles. The zero-order chi connectivity index (χ0) is 22.9. The number of hydrogen-bond acceptors (Lipinski definition) is 6. The van der Waals surface area contributed by atoms with Crippen LogP contribution >= 0.6 is 0 Å². The van der Waals surface area contributed by atoms with Gasteiger partial charge in [-0.2, -0.15) is 0 Å². The van der Waals surface area contributed by atoms with Gasteiger partial charge in [-0.25, -0.2) is 4.79 Å². The fourth-order valence-corrected chi connectivity index (χ4v) is 4.43. The molecular formula is C25H29NO6. The molecule has 1 N–H and O–H groups in total. The van der Waals surface area contributed by atoms with Gasteiger partial charge in [0.1, 0.15) is 5.57 Å². The number of carbonyl (C=O) groups is 2. The van der Waals surface area contributed by atoms with E-state index in [0.29, 0.717) is 24.9 Å².